The quantitative estimate of drug-likeness (QED) is 0.0807. The van der Waals surface area contributed by atoms with Crippen molar-refractivity contribution in [3.8, 4) is 34.5 Å². The molecule has 0 saturated carbocycles. The van der Waals surface area contributed by atoms with Crippen molar-refractivity contribution in [1.29, 1.82) is 0 Å². The van der Waals surface area contributed by atoms with Gasteiger partial charge in [0.25, 0.3) is 11.8 Å². The largest absolute Gasteiger partial charge is 0.493 e. The van der Waals surface area contributed by atoms with Crippen LogP contribution in [-0.2, 0) is 4.79 Å². The van der Waals surface area contributed by atoms with Crippen LogP contribution in [0.5, 0.6) is 34.5 Å². The second-order valence-corrected chi connectivity index (χ2v) is 9.57. The molecule has 0 aliphatic carbocycles. The molecule has 0 atom stereocenters. The molecule has 0 saturated heterocycles. The molecule has 1 aliphatic heterocycles. The van der Waals surface area contributed by atoms with Crippen molar-refractivity contribution in [2.45, 2.75) is 0 Å². The topological polar surface area (TPSA) is 143 Å². The standard InChI is InChI=1S/C34H29N3O9/c1-41-29-17-24(18-30(42-2)31(29)43-3)34(40)46-25-11-7-8-22(14-25)19-35-37-33(39)26(36-32(38)23-9-5-4-6-10-23)15-21-12-13-27-28(16-21)45-20-44-27/h4-19H,20H2,1-3H3,(H,36,38)(H,37,39)/b26-15+,35-19-. The second-order valence-electron chi connectivity index (χ2n) is 9.57. The molecule has 46 heavy (non-hydrogen) atoms. The number of nitrogens with one attached hydrogen (secondary N) is 2. The zero-order valence-corrected chi connectivity index (χ0v) is 25.1. The molecule has 1 heterocycles. The number of carbonyl (C=O) groups excluding carboxylic acids is 3. The first-order valence-electron chi connectivity index (χ1n) is 13.8. The third-order valence-corrected chi connectivity index (χ3v) is 6.59. The summed E-state index contributed by atoms with van der Waals surface area (Å²) in [4.78, 5) is 39.0. The number of rotatable bonds is 11. The monoisotopic (exact) mass is 623 g/mol. The van der Waals surface area contributed by atoms with E-state index >= 15 is 0 Å². The fourth-order valence-electron chi connectivity index (χ4n) is 4.36. The molecule has 0 radical (unpaired) electrons. The molecule has 2 amide bonds. The summed E-state index contributed by atoms with van der Waals surface area (Å²) in [6, 6.07) is 23.1. The van der Waals surface area contributed by atoms with Crippen LogP contribution in [0.4, 0.5) is 0 Å². The van der Waals surface area contributed by atoms with Crippen LogP contribution < -0.4 is 39.2 Å². The van der Waals surface area contributed by atoms with Gasteiger partial charge in [-0.05, 0) is 65.7 Å². The highest BCUT2D eigenvalue weighted by Gasteiger charge is 2.19. The van der Waals surface area contributed by atoms with Gasteiger partial charge in [-0.2, -0.15) is 5.10 Å². The minimum Gasteiger partial charge on any atom is -0.493 e. The van der Waals surface area contributed by atoms with Crippen LogP contribution in [-0.4, -0.2) is 52.1 Å². The molecular weight excluding hydrogens is 594 g/mol. The van der Waals surface area contributed by atoms with Crippen LogP contribution in [0, 0.1) is 0 Å². The molecule has 1 aliphatic rings. The first kappa shape index (κ1) is 31.1. The Morgan fingerprint density at radius 3 is 2.22 bits per heavy atom. The molecule has 0 unspecified atom stereocenters. The van der Waals surface area contributed by atoms with Crippen LogP contribution in [0.2, 0.25) is 0 Å². The summed E-state index contributed by atoms with van der Waals surface area (Å²) >= 11 is 0. The first-order valence-corrected chi connectivity index (χ1v) is 13.8. The molecule has 234 valence electrons. The molecule has 0 aromatic heterocycles. The average molecular weight is 624 g/mol. The Morgan fingerprint density at radius 2 is 1.50 bits per heavy atom. The summed E-state index contributed by atoms with van der Waals surface area (Å²) in [5.41, 5.74) is 4.03. The number of fused-ring (bicyclic) bond motifs is 1. The number of hydrazone groups is 1. The van der Waals surface area contributed by atoms with Crippen LogP contribution >= 0.6 is 0 Å². The van der Waals surface area contributed by atoms with Crippen molar-refractivity contribution < 1.29 is 42.8 Å². The van der Waals surface area contributed by atoms with Crippen molar-refractivity contribution in [2.24, 2.45) is 5.10 Å². The predicted molar refractivity (Wildman–Crippen MR) is 168 cm³/mol. The number of hydrogen-bond donors (Lipinski definition) is 2. The third-order valence-electron chi connectivity index (χ3n) is 6.59. The molecule has 0 fully saturated rings. The van der Waals surface area contributed by atoms with E-state index in [0.29, 0.717) is 45.4 Å². The van der Waals surface area contributed by atoms with Crippen molar-refractivity contribution >= 4 is 30.1 Å². The van der Waals surface area contributed by atoms with E-state index in [1.165, 1.54) is 45.8 Å². The number of carbonyl (C=O) groups is 3. The minimum absolute atomic E-state index is 0.0575. The van der Waals surface area contributed by atoms with Gasteiger partial charge in [-0.15, -0.1) is 0 Å². The highest BCUT2D eigenvalue weighted by Crippen LogP contribution is 2.38. The molecule has 4 aromatic rings. The molecule has 12 nitrogen and oxygen atoms in total. The van der Waals surface area contributed by atoms with Crippen LogP contribution in [0.3, 0.4) is 0 Å². The normalized spacial score (nSPS) is 11.9. The number of ether oxygens (including phenoxy) is 6. The van der Waals surface area contributed by atoms with Gasteiger partial charge in [-0.1, -0.05) is 36.4 Å². The SMILES string of the molecule is COc1cc(C(=O)Oc2cccc(/C=N\NC(=O)/C(=C\c3ccc4c(c3)OCO4)NC(=O)c3ccccc3)c2)cc(OC)c1OC. The van der Waals surface area contributed by atoms with Crippen LogP contribution in [0.25, 0.3) is 6.08 Å². The Morgan fingerprint density at radius 1 is 0.761 bits per heavy atom. The van der Waals surface area contributed by atoms with Gasteiger partial charge >= 0.3 is 5.97 Å². The van der Waals surface area contributed by atoms with Gasteiger partial charge in [0.15, 0.2) is 23.0 Å². The Balaban J connectivity index is 1.30. The molecule has 0 bridgehead atoms. The Labute approximate surface area is 264 Å². The number of esters is 1. The van der Waals surface area contributed by atoms with Crippen molar-refractivity contribution in [3.05, 3.63) is 113 Å². The highest BCUT2D eigenvalue weighted by molar-refractivity contribution is 6.05. The van der Waals surface area contributed by atoms with E-state index < -0.39 is 17.8 Å². The van der Waals surface area contributed by atoms with E-state index in [0.717, 1.165) is 0 Å². The lowest BCUT2D eigenvalue weighted by Crippen LogP contribution is -2.32. The molecular formula is C34H29N3O9. The Hall–Kier alpha value is -6.30. The smallest absolute Gasteiger partial charge is 0.343 e. The van der Waals surface area contributed by atoms with Crippen LogP contribution in [0.15, 0.2) is 95.7 Å². The fraction of sp³-hybridized carbons (Fsp3) is 0.118. The molecule has 12 heteroatoms. The van der Waals surface area contributed by atoms with Gasteiger partial charge in [0, 0.05) is 5.56 Å². The Bertz CT molecular complexity index is 1800. The summed E-state index contributed by atoms with van der Waals surface area (Å²) in [7, 11) is 4.35. The van der Waals surface area contributed by atoms with E-state index in [-0.39, 0.29) is 23.8 Å². The van der Waals surface area contributed by atoms with Crippen molar-refractivity contribution in [3.63, 3.8) is 0 Å². The number of benzene rings is 4. The number of amides is 2. The summed E-state index contributed by atoms with van der Waals surface area (Å²) in [5.74, 6) is 0.465. The van der Waals surface area contributed by atoms with Gasteiger partial charge < -0.3 is 33.7 Å². The van der Waals surface area contributed by atoms with Gasteiger partial charge in [0.05, 0.1) is 33.1 Å². The second kappa shape index (κ2) is 14.4. The predicted octanol–water partition coefficient (Wildman–Crippen LogP) is 4.58. The van der Waals surface area contributed by atoms with E-state index in [1.807, 2.05) is 0 Å². The van der Waals surface area contributed by atoms with Crippen molar-refractivity contribution in [2.75, 3.05) is 28.1 Å². The van der Waals surface area contributed by atoms with Gasteiger partial charge in [-0.25, -0.2) is 10.2 Å². The first-order chi connectivity index (χ1) is 22.4. The minimum atomic E-state index is -0.678. The number of nitrogens with zero attached hydrogens (tertiary/aromatic N) is 1. The Kier molecular flexibility index (Phi) is 9.78. The zero-order valence-electron chi connectivity index (χ0n) is 25.1. The van der Waals surface area contributed by atoms with Gasteiger partial charge in [-0.3, -0.25) is 9.59 Å². The summed E-state index contributed by atoms with van der Waals surface area (Å²) < 4.78 is 32.2. The maximum Gasteiger partial charge on any atom is 0.343 e. The highest BCUT2D eigenvalue weighted by atomic mass is 16.7. The number of methoxy groups -OCH3 is 3. The summed E-state index contributed by atoms with van der Waals surface area (Å²) in [6.07, 6.45) is 2.86. The maximum atomic E-state index is 13.2. The third kappa shape index (κ3) is 7.42. The number of hydrogen-bond acceptors (Lipinski definition) is 10. The van der Waals surface area contributed by atoms with Gasteiger partial charge in [0.1, 0.15) is 11.4 Å². The molecule has 5 rings (SSSR count). The molecule has 4 aromatic carbocycles. The van der Waals surface area contributed by atoms with E-state index in [4.69, 9.17) is 28.4 Å². The summed E-state index contributed by atoms with van der Waals surface area (Å²) in [5, 5.41) is 6.68. The summed E-state index contributed by atoms with van der Waals surface area (Å²) in [6.45, 7) is 0.0979. The van der Waals surface area contributed by atoms with Gasteiger partial charge in [0.2, 0.25) is 12.5 Å². The maximum absolute atomic E-state index is 13.2. The van der Waals surface area contributed by atoms with E-state index in [9.17, 15) is 14.4 Å². The lowest BCUT2D eigenvalue weighted by molar-refractivity contribution is -0.117. The average Bonchev–Trinajstić information content (AvgIpc) is 3.55. The van der Waals surface area contributed by atoms with E-state index in [1.54, 1.807) is 72.8 Å². The zero-order chi connectivity index (χ0) is 32.5. The van der Waals surface area contributed by atoms with Crippen molar-refractivity contribution in [1.82, 2.24) is 10.7 Å². The lowest BCUT2D eigenvalue weighted by atomic mass is 10.1. The van der Waals surface area contributed by atoms with Crippen LogP contribution in [0.1, 0.15) is 31.8 Å². The lowest BCUT2D eigenvalue weighted by Gasteiger charge is -2.13. The molecule has 0 spiro atoms. The molecule has 2 N–H and O–H groups in total. The van der Waals surface area contributed by atoms with E-state index in [2.05, 4.69) is 15.8 Å². The fourth-order valence-corrected chi connectivity index (χ4v) is 4.36.